The molecule has 0 spiro atoms. The molecule has 2 N–H and O–H groups in total. The third-order valence-corrected chi connectivity index (χ3v) is 1.68. The first-order valence-corrected chi connectivity index (χ1v) is 4.51. The molecule has 0 heterocycles. The molecule has 0 aromatic carbocycles. The molecule has 0 aromatic heterocycles. The average molecular weight is 184 g/mol. The lowest BCUT2D eigenvalue weighted by Crippen LogP contribution is -2.37. The smallest absolute Gasteiger partial charge is 0.0791 e. The fourth-order valence-corrected chi connectivity index (χ4v) is 1.19. The predicted octanol–water partition coefficient (Wildman–Crippen LogP) is 0.241. The van der Waals surface area contributed by atoms with Crippen LogP contribution in [0, 0.1) is 0 Å². The van der Waals surface area contributed by atoms with Crippen molar-refractivity contribution in [1.29, 1.82) is 0 Å². The van der Waals surface area contributed by atoms with Crippen LogP contribution in [0.4, 0.5) is 0 Å². The largest absolute Gasteiger partial charge is 0.390 e. The first-order chi connectivity index (χ1) is 6.24. The van der Waals surface area contributed by atoms with Crippen LogP contribution in [0.25, 0.3) is 0 Å². The molecule has 0 aliphatic rings. The van der Waals surface area contributed by atoms with Crippen LogP contribution >= 0.6 is 0 Å². The number of nitrogens with zero attached hydrogens (tertiary/aromatic N) is 1. The maximum absolute atomic E-state index is 9.50. The number of hydrogen-bond acceptors (Lipinski definition) is 3. The second-order valence-electron chi connectivity index (χ2n) is 3.01. The minimum atomic E-state index is -0.329. The van der Waals surface area contributed by atoms with Crippen molar-refractivity contribution in [3.8, 4) is 0 Å². The first kappa shape index (κ1) is 12.4. The third kappa shape index (κ3) is 6.51. The lowest BCUT2D eigenvalue weighted by molar-refractivity contribution is 0.125. The number of hydrogen-bond donors (Lipinski definition) is 2. The van der Waals surface area contributed by atoms with Gasteiger partial charge in [-0.25, -0.2) is 0 Å². The van der Waals surface area contributed by atoms with Crippen LogP contribution < -0.4 is 5.32 Å². The van der Waals surface area contributed by atoms with Crippen molar-refractivity contribution >= 4 is 0 Å². The van der Waals surface area contributed by atoms with Crippen molar-refractivity contribution in [1.82, 2.24) is 10.2 Å². The van der Waals surface area contributed by atoms with Gasteiger partial charge in [0.15, 0.2) is 0 Å². The molecule has 3 nitrogen and oxygen atoms in total. The summed E-state index contributed by atoms with van der Waals surface area (Å²) in [5.41, 5.74) is 0. The number of aliphatic hydroxyl groups is 1. The minimum Gasteiger partial charge on any atom is -0.390 e. The molecule has 0 saturated carbocycles. The van der Waals surface area contributed by atoms with Crippen molar-refractivity contribution in [2.75, 3.05) is 33.2 Å². The molecule has 0 amide bonds. The molecule has 13 heavy (non-hydrogen) atoms. The minimum absolute atomic E-state index is 0.329. The van der Waals surface area contributed by atoms with Gasteiger partial charge in [0, 0.05) is 26.2 Å². The molecular weight excluding hydrogens is 164 g/mol. The topological polar surface area (TPSA) is 35.5 Å². The maximum atomic E-state index is 9.50. The quantitative estimate of drug-likeness (QED) is 0.530. The molecule has 0 aliphatic carbocycles. The van der Waals surface area contributed by atoms with E-state index in [1.165, 1.54) is 0 Å². The Balaban J connectivity index is 3.77. The molecule has 1 unspecified atom stereocenters. The van der Waals surface area contributed by atoms with Gasteiger partial charge in [0.05, 0.1) is 6.10 Å². The zero-order chi connectivity index (χ0) is 10.1. The predicted molar refractivity (Wildman–Crippen MR) is 56.8 cm³/mol. The Morgan fingerprint density at radius 1 is 1.38 bits per heavy atom. The summed E-state index contributed by atoms with van der Waals surface area (Å²) in [4.78, 5) is 2.09. The van der Waals surface area contributed by atoms with E-state index in [1.54, 1.807) is 0 Å². The van der Waals surface area contributed by atoms with Crippen molar-refractivity contribution in [2.24, 2.45) is 0 Å². The highest BCUT2D eigenvalue weighted by Gasteiger charge is 2.07. The van der Waals surface area contributed by atoms with E-state index >= 15 is 0 Å². The highest BCUT2D eigenvalue weighted by atomic mass is 16.3. The zero-order valence-electron chi connectivity index (χ0n) is 8.37. The summed E-state index contributed by atoms with van der Waals surface area (Å²) in [5, 5.41) is 12.4. The van der Waals surface area contributed by atoms with E-state index in [0.717, 1.165) is 13.1 Å². The van der Waals surface area contributed by atoms with Crippen LogP contribution in [0.15, 0.2) is 25.3 Å². The van der Waals surface area contributed by atoms with Gasteiger partial charge in [0.2, 0.25) is 0 Å². The van der Waals surface area contributed by atoms with Gasteiger partial charge >= 0.3 is 0 Å². The summed E-state index contributed by atoms with van der Waals surface area (Å²) < 4.78 is 0. The SMILES string of the molecule is C=CCN(CC=C)CC(O)CNC. The standard InChI is InChI=1S/C10H20N2O/c1-4-6-12(7-5-2)9-10(13)8-11-3/h4-5,10-11,13H,1-2,6-9H2,3H3. The monoisotopic (exact) mass is 184 g/mol. The van der Waals surface area contributed by atoms with E-state index in [1.807, 2.05) is 19.2 Å². The summed E-state index contributed by atoms with van der Waals surface area (Å²) in [6.45, 7) is 10.2. The van der Waals surface area contributed by atoms with Gasteiger partial charge in [-0.05, 0) is 7.05 Å². The zero-order valence-corrected chi connectivity index (χ0v) is 8.37. The van der Waals surface area contributed by atoms with E-state index < -0.39 is 0 Å². The van der Waals surface area contributed by atoms with Crippen molar-refractivity contribution in [3.63, 3.8) is 0 Å². The average Bonchev–Trinajstić information content (AvgIpc) is 2.05. The Labute approximate surface area is 80.7 Å². The lowest BCUT2D eigenvalue weighted by Gasteiger charge is -2.21. The molecule has 76 valence electrons. The Hall–Kier alpha value is -0.640. The van der Waals surface area contributed by atoms with Gasteiger partial charge in [-0.2, -0.15) is 0 Å². The van der Waals surface area contributed by atoms with Crippen LogP contribution in [0.1, 0.15) is 0 Å². The first-order valence-electron chi connectivity index (χ1n) is 4.51. The highest BCUT2D eigenvalue weighted by Crippen LogP contribution is 1.92. The fraction of sp³-hybridized carbons (Fsp3) is 0.600. The number of likely N-dealkylation sites (N-methyl/N-ethyl adjacent to an activating group) is 1. The molecule has 0 fully saturated rings. The third-order valence-electron chi connectivity index (χ3n) is 1.68. The van der Waals surface area contributed by atoms with Gasteiger partial charge in [-0.3, -0.25) is 4.90 Å². The van der Waals surface area contributed by atoms with Crippen molar-refractivity contribution < 1.29 is 5.11 Å². The summed E-state index contributed by atoms with van der Waals surface area (Å²) in [6.07, 6.45) is 3.33. The van der Waals surface area contributed by atoms with E-state index in [4.69, 9.17) is 0 Å². The summed E-state index contributed by atoms with van der Waals surface area (Å²) in [7, 11) is 1.83. The highest BCUT2D eigenvalue weighted by molar-refractivity contribution is 4.81. The summed E-state index contributed by atoms with van der Waals surface area (Å²) in [6, 6.07) is 0. The maximum Gasteiger partial charge on any atom is 0.0791 e. The van der Waals surface area contributed by atoms with Gasteiger partial charge in [0.25, 0.3) is 0 Å². The Bertz CT molecular complexity index is 138. The molecule has 3 heteroatoms. The van der Waals surface area contributed by atoms with E-state index in [0.29, 0.717) is 13.1 Å². The Morgan fingerprint density at radius 2 is 1.92 bits per heavy atom. The van der Waals surface area contributed by atoms with E-state index in [-0.39, 0.29) is 6.10 Å². The molecule has 0 bridgehead atoms. The van der Waals surface area contributed by atoms with E-state index in [9.17, 15) is 5.11 Å². The van der Waals surface area contributed by atoms with Crippen LogP contribution in [-0.2, 0) is 0 Å². The van der Waals surface area contributed by atoms with Crippen LogP contribution in [-0.4, -0.2) is 49.3 Å². The molecule has 1 atom stereocenters. The Morgan fingerprint density at radius 3 is 2.31 bits per heavy atom. The molecule has 0 radical (unpaired) electrons. The van der Waals surface area contributed by atoms with Crippen molar-refractivity contribution in [2.45, 2.75) is 6.10 Å². The molecule has 0 saturated heterocycles. The molecule has 0 aliphatic heterocycles. The van der Waals surface area contributed by atoms with Gasteiger partial charge < -0.3 is 10.4 Å². The summed E-state index contributed by atoms with van der Waals surface area (Å²) in [5.74, 6) is 0. The second kappa shape index (κ2) is 7.98. The molecule has 0 rings (SSSR count). The fourth-order valence-electron chi connectivity index (χ4n) is 1.19. The van der Waals surface area contributed by atoms with Gasteiger partial charge in [-0.15, -0.1) is 13.2 Å². The van der Waals surface area contributed by atoms with Crippen molar-refractivity contribution in [3.05, 3.63) is 25.3 Å². The number of aliphatic hydroxyl groups excluding tert-OH is 1. The van der Waals surface area contributed by atoms with Crippen LogP contribution in [0.3, 0.4) is 0 Å². The van der Waals surface area contributed by atoms with Crippen LogP contribution in [0.2, 0.25) is 0 Å². The van der Waals surface area contributed by atoms with E-state index in [2.05, 4.69) is 23.4 Å². The lowest BCUT2D eigenvalue weighted by atomic mass is 10.3. The van der Waals surface area contributed by atoms with Gasteiger partial charge in [0.1, 0.15) is 0 Å². The molecule has 0 aromatic rings. The number of nitrogens with one attached hydrogen (secondary N) is 1. The normalized spacial score (nSPS) is 12.8. The van der Waals surface area contributed by atoms with Crippen LogP contribution in [0.5, 0.6) is 0 Å². The van der Waals surface area contributed by atoms with Gasteiger partial charge in [-0.1, -0.05) is 12.2 Å². The summed E-state index contributed by atoms with van der Waals surface area (Å²) >= 11 is 0. The molecular formula is C10H20N2O. The second-order valence-corrected chi connectivity index (χ2v) is 3.01. The Kier molecular flexibility index (Phi) is 7.59. The number of rotatable bonds is 8.